The smallest absolute Gasteiger partial charge is 0.265 e. The molecule has 2 aliphatic rings. The Bertz CT molecular complexity index is 960. The molecule has 1 aromatic rings. The second-order valence-electron chi connectivity index (χ2n) is 7.26. The summed E-state index contributed by atoms with van der Waals surface area (Å²) < 4.78 is 30.7. The van der Waals surface area contributed by atoms with Crippen LogP contribution in [0.3, 0.4) is 0 Å². The van der Waals surface area contributed by atoms with Gasteiger partial charge in [-0.25, -0.2) is 0 Å². The van der Waals surface area contributed by atoms with E-state index in [4.69, 9.17) is 17.3 Å². The Hall–Kier alpha value is -2.41. The third-order valence-electron chi connectivity index (χ3n) is 5.55. The first kappa shape index (κ1) is 19.4. The maximum absolute atomic E-state index is 12.6. The molecule has 1 fully saturated rings. The van der Waals surface area contributed by atoms with Gasteiger partial charge in [0, 0.05) is 11.0 Å². The van der Waals surface area contributed by atoms with Crippen LogP contribution >= 0.6 is 0 Å². The molecule has 1 saturated carbocycles. The molecule has 1 aromatic carbocycles. The van der Waals surface area contributed by atoms with Crippen LogP contribution in [0.4, 0.5) is 0 Å². The van der Waals surface area contributed by atoms with Gasteiger partial charge < -0.3 is 0 Å². The molecule has 27 heavy (non-hydrogen) atoms. The summed E-state index contributed by atoms with van der Waals surface area (Å²) in [6.07, 6.45) is 7.08. The summed E-state index contributed by atoms with van der Waals surface area (Å²) in [5.74, 6) is 0.120. The molecule has 0 aliphatic heterocycles. The third kappa shape index (κ3) is 3.98. The van der Waals surface area contributed by atoms with Gasteiger partial charge in [-0.15, -0.1) is 0 Å². The van der Waals surface area contributed by atoms with Crippen LogP contribution in [0.1, 0.15) is 44.1 Å². The Kier molecular flexibility index (Phi) is 5.51. The first-order valence-corrected chi connectivity index (χ1v) is 10.5. The lowest BCUT2D eigenvalue weighted by atomic mass is 9.64. The van der Waals surface area contributed by atoms with Crippen LogP contribution in [-0.4, -0.2) is 15.0 Å². The molecule has 1 atom stereocenters. The van der Waals surface area contributed by atoms with E-state index < -0.39 is 10.1 Å². The Labute approximate surface area is 161 Å². The molecule has 0 bridgehead atoms. The van der Waals surface area contributed by atoms with E-state index in [1.807, 2.05) is 13.0 Å². The fraction of sp³-hybridized carbons (Fsp3) is 0.429. The monoisotopic (exact) mass is 382 g/mol. The van der Waals surface area contributed by atoms with Gasteiger partial charge in [0.15, 0.2) is 0 Å². The van der Waals surface area contributed by atoms with Gasteiger partial charge in [-0.1, -0.05) is 35.8 Å². The Morgan fingerprint density at radius 1 is 1.11 bits per heavy atom. The lowest BCUT2D eigenvalue weighted by Gasteiger charge is -2.42. The van der Waals surface area contributed by atoms with Gasteiger partial charge in [-0.2, -0.15) is 18.1 Å². The minimum absolute atomic E-state index is 0.119. The summed E-state index contributed by atoms with van der Waals surface area (Å²) in [6, 6.07) is 6.65. The van der Waals surface area contributed by atoms with E-state index >= 15 is 0 Å². The summed E-state index contributed by atoms with van der Waals surface area (Å²) in [4.78, 5) is 6.82. The second-order valence-corrected chi connectivity index (χ2v) is 8.87. The quantitative estimate of drug-likeness (QED) is 0.542. The third-order valence-corrected chi connectivity index (χ3v) is 6.83. The van der Waals surface area contributed by atoms with Crippen molar-refractivity contribution < 1.29 is 12.6 Å². The van der Waals surface area contributed by atoms with Crippen LogP contribution in [0, 0.1) is 25.5 Å². The van der Waals surface area contributed by atoms with Crippen LogP contribution in [0.25, 0.3) is 9.69 Å². The SMILES string of the molecule is [C-]#[N+]C([N+]#[C-])=C1C=C2CCCCC2(COS(=O)(=O)c2ccc(C)cc2)CC1. The minimum atomic E-state index is -3.81. The molecule has 0 amide bonds. The van der Waals surface area contributed by atoms with E-state index in [1.54, 1.807) is 24.3 Å². The van der Waals surface area contributed by atoms with Crippen molar-refractivity contribution in [3.05, 3.63) is 75.7 Å². The number of hydrogen-bond donors (Lipinski definition) is 0. The van der Waals surface area contributed by atoms with Gasteiger partial charge in [-0.05, 0) is 51.2 Å². The van der Waals surface area contributed by atoms with Gasteiger partial charge >= 0.3 is 5.82 Å². The predicted molar refractivity (Wildman–Crippen MR) is 103 cm³/mol. The molecule has 1 unspecified atom stereocenters. The first-order chi connectivity index (χ1) is 12.9. The van der Waals surface area contributed by atoms with Crippen LogP contribution < -0.4 is 0 Å². The molecule has 6 heteroatoms. The molecule has 0 spiro atoms. The molecule has 3 rings (SSSR count). The number of rotatable bonds is 4. The highest BCUT2D eigenvalue weighted by molar-refractivity contribution is 7.86. The summed E-state index contributed by atoms with van der Waals surface area (Å²) in [5, 5.41) is 0. The molecule has 0 aromatic heterocycles. The molecule has 0 heterocycles. The van der Waals surface area contributed by atoms with Gasteiger partial charge in [0.25, 0.3) is 10.1 Å². The number of aryl methyl sites for hydroxylation is 1. The Morgan fingerprint density at radius 2 is 1.81 bits per heavy atom. The lowest BCUT2D eigenvalue weighted by molar-refractivity contribution is 0.138. The maximum atomic E-state index is 12.6. The van der Waals surface area contributed by atoms with E-state index in [-0.39, 0.29) is 22.7 Å². The molecule has 5 nitrogen and oxygen atoms in total. The number of nitrogens with zero attached hydrogens (tertiary/aromatic N) is 2. The van der Waals surface area contributed by atoms with Crippen molar-refractivity contribution >= 4 is 10.1 Å². The molecule has 0 saturated heterocycles. The van der Waals surface area contributed by atoms with E-state index in [0.717, 1.165) is 42.4 Å². The number of benzene rings is 1. The summed E-state index contributed by atoms with van der Waals surface area (Å²) in [6.45, 7) is 16.4. The van der Waals surface area contributed by atoms with Crippen LogP contribution in [-0.2, 0) is 14.3 Å². The number of hydrogen-bond acceptors (Lipinski definition) is 3. The summed E-state index contributed by atoms with van der Waals surface area (Å²) in [5.41, 5.74) is 2.58. The normalized spacial score (nSPS) is 22.2. The topological polar surface area (TPSA) is 52.1 Å². The average molecular weight is 382 g/mol. The number of allylic oxidation sites excluding steroid dienone is 2. The molecular weight excluding hydrogens is 360 g/mol. The Morgan fingerprint density at radius 3 is 2.48 bits per heavy atom. The van der Waals surface area contributed by atoms with Crippen molar-refractivity contribution in [3.8, 4) is 0 Å². The summed E-state index contributed by atoms with van der Waals surface area (Å²) >= 11 is 0. The molecule has 0 N–H and O–H groups in total. The fourth-order valence-electron chi connectivity index (χ4n) is 3.92. The van der Waals surface area contributed by atoms with Crippen molar-refractivity contribution in [2.45, 2.75) is 50.3 Å². The summed E-state index contributed by atoms with van der Waals surface area (Å²) in [7, 11) is -3.81. The second kappa shape index (κ2) is 7.68. The van der Waals surface area contributed by atoms with Crippen molar-refractivity contribution in [2.24, 2.45) is 5.41 Å². The average Bonchev–Trinajstić information content (AvgIpc) is 2.68. The fourth-order valence-corrected chi connectivity index (χ4v) is 4.90. The van der Waals surface area contributed by atoms with Crippen molar-refractivity contribution in [2.75, 3.05) is 6.61 Å². The highest BCUT2D eigenvalue weighted by Crippen LogP contribution is 2.49. The van der Waals surface area contributed by atoms with E-state index in [0.29, 0.717) is 12.8 Å². The lowest BCUT2D eigenvalue weighted by Crippen LogP contribution is -2.35. The zero-order chi connectivity index (χ0) is 19.5. The minimum Gasteiger partial charge on any atom is -0.265 e. The van der Waals surface area contributed by atoms with Crippen molar-refractivity contribution in [3.63, 3.8) is 0 Å². The highest BCUT2D eigenvalue weighted by atomic mass is 32.2. The van der Waals surface area contributed by atoms with Gasteiger partial charge in [0.05, 0.1) is 11.5 Å². The van der Waals surface area contributed by atoms with E-state index in [2.05, 4.69) is 9.69 Å². The Balaban J connectivity index is 1.86. The van der Waals surface area contributed by atoms with Crippen LogP contribution in [0.5, 0.6) is 0 Å². The zero-order valence-corrected chi connectivity index (χ0v) is 16.2. The van der Waals surface area contributed by atoms with Gasteiger partial charge in [-0.3, -0.25) is 4.18 Å². The standard InChI is InChI=1S/C21H22N2O3S/c1-16-7-9-19(10-8-16)27(24,25)26-15-21-12-5-4-6-18(21)14-17(11-13-21)20(22-2)23-3/h7-10,14H,4-6,11-13,15H2,1H3. The first-order valence-electron chi connectivity index (χ1n) is 9.05. The van der Waals surface area contributed by atoms with Crippen molar-refractivity contribution in [1.29, 1.82) is 0 Å². The predicted octanol–water partition coefficient (Wildman–Crippen LogP) is 5.03. The molecule has 0 radical (unpaired) electrons. The molecule has 2 aliphatic carbocycles. The number of fused-ring (bicyclic) bond motifs is 1. The van der Waals surface area contributed by atoms with E-state index in [1.165, 1.54) is 0 Å². The van der Waals surface area contributed by atoms with Crippen molar-refractivity contribution in [1.82, 2.24) is 0 Å². The van der Waals surface area contributed by atoms with Gasteiger partial charge in [0.1, 0.15) is 13.1 Å². The maximum Gasteiger partial charge on any atom is 0.522 e. The van der Waals surface area contributed by atoms with E-state index in [9.17, 15) is 8.42 Å². The highest BCUT2D eigenvalue weighted by Gasteiger charge is 2.41. The van der Waals surface area contributed by atoms with Crippen LogP contribution in [0.15, 0.2) is 52.2 Å². The van der Waals surface area contributed by atoms with Gasteiger partial charge in [0.2, 0.25) is 0 Å². The largest absolute Gasteiger partial charge is 0.522 e. The molecule has 140 valence electrons. The molecular formula is C21H22N2O3S. The zero-order valence-electron chi connectivity index (χ0n) is 15.4. The van der Waals surface area contributed by atoms with Crippen LogP contribution in [0.2, 0.25) is 0 Å².